The van der Waals surface area contributed by atoms with Gasteiger partial charge in [-0.1, -0.05) is 25.6 Å². The highest BCUT2D eigenvalue weighted by Crippen LogP contribution is 2.66. The predicted octanol–water partition coefficient (Wildman–Crippen LogP) is 4.60. The van der Waals surface area contributed by atoms with Gasteiger partial charge in [-0.05, 0) is 74.7 Å². The van der Waals surface area contributed by atoms with Crippen molar-refractivity contribution < 1.29 is 28.6 Å². The van der Waals surface area contributed by atoms with Crippen molar-refractivity contribution in [1.29, 1.82) is 0 Å². The Balaban J connectivity index is 1.99. The lowest BCUT2D eigenvalue weighted by molar-refractivity contribution is -0.165. The van der Waals surface area contributed by atoms with E-state index in [9.17, 15) is 14.4 Å². The number of ether oxygens (including phenoxy) is 3. The Morgan fingerprint density at radius 1 is 0.946 bits per heavy atom. The molecule has 0 radical (unpaired) electrons. The van der Waals surface area contributed by atoms with Crippen LogP contribution in [0, 0.1) is 17.8 Å². The zero-order valence-corrected chi connectivity index (χ0v) is 24.7. The molecule has 1 aromatic rings. The van der Waals surface area contributed by atoms with Gasteiger partial charge in [0.25, 0.3) is 0 Å². The fraction of sp³-hybridized carbons (Fsp3) is 0.808. The van der Waals surface area contributed by atoms with Crippen LogP contribution in [0.2, 0.25) is 0 Å². The summed E-state index contributed by atoms with van der Waals surface area (Å²) >= 11 is 1.42. The van der Waals surface area contributed by atoms with Crippen molar-refractivity contribution in [2.45, 2.75) is 121 Å². The van der Waals surface area contributed by atoms with Crippen molar-refractivity contribution in [2.24, 2.45) is 17.8 Å². The first-order valence-corrected chi connectivity index (χ1v) is 13.7. The first-order chi connectivity index (χ1) is 16.7. The molecule has 10 nitrogen and oxygen atoms in total. The monoisotopic (exact) mass is 538 g/mol. The van der Waals surface area contributed by atoms with E-state index in [0.717, 1.165) is 5.82 Å². The highest BCUT2D eigenvalue weighted by atomic mass is 32.2. The highest BCUT2D eigenvalue weighted by molar-refractivity contribution is 7.99. The van der Waals surface area contributed by atoms with Gasteiger partial charge in [-0.3, -0.25) is 4.79 Å². The number of carbonyl (C=O) groups excluding carboxylic acids is 3. The lowest BCUT2D eigenvalue weighted by Gasteiger charge is -2.35. The predicted molar refractivity (Wildman–Crippen MR) is 139 cm³/mol. The van der Waals surface area contributed by atoms with Gasteiger partial charge in [0.15, 0.2) is 5.16 Å². The minimum Gasteiger partial charge on any atom is -0.460 e. The lowest BCUT2D eigenvalue weighted by atomic mass is 9.89. The van der Waals surface area contributed by atoms with E-state index in [0.29, 0.717) is 5.16 Å². The van der Waals surface area contributed by atoms with Crippen molar-refractivity contribution in [3.63, 3.8) is 0 Å². The number of alkyl carbamates (subject to hydrolysis) is 1. The number of hydrogen-bond donors (Lipinski definition) is 2. The van der Waals surface area contributed by atoms with Crippen molar-refractivity contribution in [3.05, 3.63) is 5.82 Å². The van der Waals surface area contributed by atoms with Gasteiger partial charge < -0.3 is 24.5 Å². The standard InChI is InChI=1S/C26H42N4O6S/c1-13(2)18-27-21(30-29-18)37-14-12-26(20(32)35-24(6,7)8,28-22(33)36-25(9,10)11)17-15(14)16(17)19(31)34-23(3,4)5/h13-17H,12H2,1-11H3,(H,28,33)(H,27,29,30)/t14-,15+,16+,17+,26+/m1/s1. The van der Waals surface area contributed by atoms with E-state index in [1.165, 1.54) is 11.8 Å². The van der Waals surface area contributed by atoms with Crippen molar-refractivity contribution in [2.75, 3.05) is 0 Å². The molecule has 0 saturated heterocycles. The van der Waals surface area contributed by atoms with Gasteiger partial charge in [0, 0.05) is 17.1 Å². The van der Waals surface area contributed by atoms with E-state index < -0.39 is 52.2 Å². The van der Waals surface area contributed by atoms with Crippen LogP contribution < -0.4 is 5.32 Å². The van der Waals surface area contributed by atoms with Crippen molar-refractivity contribution >= 4 is 29.8 Å². The Labute approximate surface area is 223 Å². The Kier molecular flexibility index (Phi) is 7.73. The molecule has 3 rings (SSSR count). The number of fused-ring (bicyclic) bond motifs is 1. The summed E-state index contributed by atoms with van der Waals surface area (Å²) in [6, 6.07) is 0. The van der Waals surface area contributed by atoms with Crippen LogP contribution >= 0.6 is 11.8 Å². The first-order valence-electron chi connectivity index (χ1n) is 12.8. The van der Waals surface area contributed by atoms with Crippen molar-refractivity contribution in [3.8, 4) is 0 Å². The molecule has 1 amide bonds. The second-order valence-corrected chi connectivity index (χ2v) is 14.5. The third-order valence-corrected chi connectivity index (χ3v) is 7.25. The molecular weight excluding hydrogens is 496 g/mol. The van der Waals surface area contributed by atoms with Gasteiger partial charge in [0.05, 0.1) is 5.92 Å². The second kappa shape index (κ2) is 9.78. The molecule has 1 aromatic heterocycles. The van der Waals surface area contributed by atoms with Gasteiger partial charge in [-0.2, -0.15) is 0 Å². The summed E-state index contributed by atoms with van der Waals surface area (Å²) in [4.78, 5) is 43.3. The van der Waals surface area contributed by atoms with Crippen LogP contribution in [-0.2, 0) is 23.8 Å². The highest BCUT2D eigenvalue weighted by Gasteiger charge is 2.77. The third-order valence-electron chi connectivity index (χ3n) is 6.06. The number of thioether (sulfide) groups is 1. The van der Waals surface area contributed by atoms with E-state index >= 15 is 0 Å². The fourth-order valence-corrected chi connectivity index (χ4v) is 6.17. The normalized spacial score (nSPS) is 27.5. The van der Waals surface area contributed by atoms with Crippen LogP contribution in [-0.4, -0.2) is 60.8 Å². The average molecular weight is 539 g/mol. The number of nitrogens with zero attached hydrogens (tertiary/aromatic N) is 2. The van der Waals surface area contributed by atoms with Crippen LogP contribution in [0.5, 0.6) is 0 Å². The number of carbonyl (C=O) groups is 3. The number of amides is 1. The van der Waals surface area contributed by atoms with E-state index in [-0.39, 0.29) is 23.5 Å². The molecule has 0 spiro atoms. The largest absolute Gasteiger partial charge is 0.460 e. The maximum Gasteiger partial charge on any atom is 0.408 e. The maximum absolute atomic E-state index is 13.8. The molecule has 0 aliphatic heterocycles. The molecule has 2 aliphatic rings. The van der Waals surface area contributed by atoms with Crippen LogP contribution in [0.1, 0.15) is 94.3 Å². The second-order valence-electron chi connectivity index (χ2n) is 13.3. The summed E-state index contributed by atoms with van der Waals surface area (Å²) in [7, 11) is 0. The molecular formula is C26H42N4O6S. The zero-order valence-electron chi connectivity index (χ0n) is 23.8. The number of nitrogens with one attached hydrogen (secondary N) is 2. The Hall–Kier alpha value is -2.30. The van der Waals surface area contributed by atoms with Crippen molar-refractivity contribution in [1.82, 2.24) is 20.5 Å². The van der Waals surface area contributed by atoms with Crippen LogP contribution in [0.25, 0.3) is 0 Å². The molecule has 0 aromatic carbocycles. The number of H-pyrrole nitrogens is 1. The van der Waals surface area contributed by atoms with E-state index in [4.69, 9.17) is 14.2 Å². The van der Waals surface area contributed by atoms with Crippen LogP contribution in [0.3, 0.4) is 0 Å². The van der Waals surface area contributed by atoms with Gasteiger partial charge in [-0.15, -0.1) is 10.2 Å². The lowest BCUT2D eigenvalue weighted by Crippen LogP contribution is -2.59. The molecule has 2 aliphatic carbocycles. The number of aromatic amines is 1. The van der Waals surface area contributed by atoms with Crippen LogP contribution in [0.4, 0.5) is 4.79 Å². The van der Waals surface area contributed by atoms with Gasteiger partial charge >= 0.3 is 18.0 Å². The number of rotatable bonds is 6. The minimum absolute atomic E-state index is 0.170. The fourth-order valence-electron chi connectivity index (χ4n) is 4.79. The number of esters is 2. The molecule has 37 heavy (non-hydrogen) atoms. The van der Waals surface area contributed by atoms with Crippen LogP contribution in [0.15, 0.2) is 5.16 Å². The molecule has 208 valence electrons. The summed E-state index contributed by atoms with van der Waals surface area (Å²) in [5.41, 5.74) is -3.72. The number of aromatic nitrogens is 3. The molecule has 2 N–H and O–H groups in total. The third kappa shape index (κ3) is 6.97. The van der Waals surface area contributed by atoms with Gasteiger partial charge in [0.2, 0.25) is 0 Å². The Bertz CT molecular complexity index is 1040. The smallest absolute Gasteiger partial charge is 0.408 e. The topological polar surface area (TPSA) is 133 Å². The molecule has 1 heterocycles. The molecule has 0 unspecified atom stereocenters. The minimum atomic E-state index is -1.46. The zero-order chi connectivity index (χ0) is 28.1. The van der Waals surface area contributed by atoms with E-state index in [1.54, 1.807) is 62.3 Å². The summed E-state index contributed by atoms with van der Waals surface area (Å²) in [6.07, 6.45) is -0.489. The molecule has 11 heteroatoms. The molecule has 2 saturated carbocycles. The average Bonchev–Trinajstić information content (AvgIpc) is 3.11. The van der Waals surface area contributed by atoms with E-state index in [2.05, 4.69) is 20.5 Å². The summed E-state index contributed by atoms with van der Waals surface area (Å²) in [5, 5.41) is 11.7. The maximum atomic E-state index is 13.8. The summed E-state index contributed by atoms with van der Waals surface area (Å²) < 4.78 is 17.0. The molecule has 2 fully saturated rings. The van der Waals surface area contributed by atoms with Gasteiger partial charge in [0.1, 0.15) is 28.2 Å². The quantitative estimate of drug-likeness (QED) is 0.394. The SMILES string of the molecule is CC(C)c1nnc(S[C@@H]2C[C@@](NC(=O)OC(C)(C)C)(C(=O)OC(C)(C)C)[C@@H]3[C@@H](C(=O)OC(C)(C)C)[C@@H]32)[nH]1. The number of hydrogen-bond acceptors (Lipinski definition) is 9. The summed E-state index contributed by atoms with van der Waals surface area (Å²) in [5.74, 6) is -1.38. The molecule has 5 atom stereocenters. The Morgan fingerprint density at radius 2 is 1.51 bits per heavy atom. The first kappa shape index (κ1) is 29.3. The van der Waals surface area contributed by atoms with E-state index in [1.807, 2.05) is 13.8 Å². The van der Waals surface area contributed by atoms with Gasteiger partial charge in [-0.25, -0.2) is 9.59 Å². The Morgan fingerprint density at radius 3 is 2.00 bits per heavy atom. The molecule has 0 bridgehead atoms. The summed E-state index contributed by atoms with van der Waals surface area (Å²) in [6.45, 7) is 20.0.